The summed E-state index contributed by atoms with van der Waals surface area (Å²) in [4.78, 5) is 11.9. The Kier molecular flexibility index (Phi) is 5.99. The number of allylic oxidation sites excluding steroid dienone is 1. The number of aromatic nitrogens is 2. The summed E-state index contributed by atoms with van der Waals surface area (Å²) in [6, 6.07) is 12.4. The van der Waals surface area contributed by atoms with Gasteiger partial charge < -0.3 is 15.0 Å². The van der Waals surface area contributed by atoms with E-state index in [0.717, 1.165) is 56.3 Å². The van der Waals surface area contributed by atoms with Gasteiger partial charge in [-0.3, -0.25) is 0 Å². The fourth-order valence-electron chi connectivity index (χ4n) is 3.69. The highest BCUT2D eigenvalue weighted by atomic mass is 16.5. The van der Waals surface area contributed by atoms with Crippen molar-refractivity contribution in [1.29, 1.82) is 0 Å². The molecule has 1 aliphatic carbocycles. The molecule has 2 heterocycles. The lowest BCUT2D eigenvalue weighted by Crippen LogP contribution is -2.37. The maximum atomic E-state index is 5.49. The van der Waals surface area contributed by atoms with Crippen LogP contribution in [0.15, 0.2) is 48.0 Å². The maximum absolute atomic E-state index is 5.49. The van der Waals surface area contributed by atoms with Crippen molar-refractivity contribution in [1.82, 2.24) is 9.97 Å². The summed E-state index contributed by atoms with van der Waals surface area (Å²) in [7, 11) is 0. The van der Waals surface area contributed by atoms with E-state index in [2.05, 4.69) is 46.6 Å². The van der Waals surface area contributed by atoms with Crippen LogP contribution < -0.4 is 10.2 Å². The molecule has 0 amide bonds. The third-order valence-corrected chi connectivity index (χ3v) is 5.23. The van der Waals surface area contributed by atoms with Gasteiger partial charge in [0.15, 0.2) is 0 Å². The van der Waals surface area contributed by atoms with E-state index in [1.807, 2.05) is 6.07 Å². The van der Waals surface area contributed by atoms with Crippen molar-refractivity contribution in [3.8, 4) is 11.3 Å². The Bertz CT molecular complexity index is 769. The highest BCUT2D eigenvalue weighted by molar-refractivity contribution is 5.64. The lowest BCUT2D eigenvalue weighted by atomic mass is 9.97. The predicted molar refractivity (Wildman–Crippen MR) is 110 cm³/mol. The average molecular weight is 364 g/mol. The van der Waals surface area contributed by atoms with E-state index in [4.69, 9.17) is 14.7 Å². The molecule has 1 saturated heterocycles. The molecule has 2 aliphatic rings. The van der Waals surface area contributed by atoms with Crippen molar-refractivity contribution in [2.75, 3.05) is 43.1 Å². The van der Waals surface area contributed by atoms with Crippen LogP contribution >= 0.6 is 0 Å². The average Bonchev–Trinajstić information content (AvgIpc) is 2.76. The molecule has 5 nitrogen and oxygen atoms in total. The Hall–Kier alpha value is -2.40. The van der Waals surface area contributed by atoms with Crippen LogP contribution in [0.3, 0.4) is 0 Å². The normalized spacial score (nSPS) is 17.5. The molecule has 1 aliphatic heterocycles. The molecule has 1 aromatic heterocycles. The molecule has 0 unspecified atom stereocenters. The van der Waals surface area contributed by atoms with E-state index in [1.54, 1.807) is 5.57 Å². The lowest BCUT2D eigenvalue weighted by Gasteiger charge is -2.28. The van der Waals surface area contributed by atoms with Gasteiger partial charge in [-0.05, 0) is 32.1 Å². The number of rotatable bonds is 6. The van der Waals surface area contributed by atoms with Gasteiger partial charge in [-0.1, -0.05) is 42.0 Å². The van der Waals surface area contributed by atoms with E-state index in [9.17, 15) is 0 Å². The Morgan fingerprint density at radius 2 is 1.89 bits per heavy atom. The zero-order chi connectivity index (χ0) is 18.3. The summed E-state index contributed by atoms with van der Waals surface area (Å²) in [6.07, 6.45) is 8.62. The van der Waals surface area contributed by atoms with Gasteiger partial charge in [0.05, 0.1) is 18.9 Å². The Labute approximate surface area is 161 Å². The molecule has 1 aromatic carbocycles. The molecule has 0 bridgehead atoms. The lowest BCUT2D eigenvalue weighted by molar-refractivity contribution is 0.122. The Morgan fingerprint density at radius 3 is 2.67 bits per heavy atom. The summed E-state index contributed by atoms with van der Waals surface area (Å²) >= 11 is 0. The second-order valence-electron chi connectivity index (χ2n) is 7.19. The van der Waals surface area contributed by atoms with Crippen LogP contribution in [0.2, 0.25) is 0 Å². The molecule has 27 heavy (non-hydrogen) atoms. The quantitative estimate of drug-likeness (QED) is 0.775. The van der Waals surface area contributed by atoms with Crippen molar-refractivity contribution in [2.45, 2.75) is 32.1 Å². The number of nitrogens with zero attached hydrogens (tertiary/aromatic N) is 3. The molecule has 0 atom stereocenters. The summed E-state index contributed by atoms with van der Waals surface area (Å²) in [6.45, 7) is 4.13. The van der Waals surface area contributed by atoms with Crippen LogP contribution in [0.1, 0.15) is 32.1 Å². The first-order valence-electron chi connectivity index (χ1n) is 10.1. The second kappa shape index (κ2) is 9.00. The van der Waals surface area contributed by atoms with Gasteiger partial charge in [-0.15, -0.1) is 0 Å². The molecule has 2 aromatic rings. The SMILES string of the molecule is C1=C(CCNc2nc(-c3ccccc3)cc(N3CCOCC3)n2)CCCC1. The molecular weight excluding hydrogens is 336 g/mol. The van der Waals surface area contributed by atoms with Gasteiger partial charge in [0.25, 0.3) is 0 Å². The molecule has 1 N–H and O–H groups in total. The Balaban J connectivity index is 1.52. The van der Waals surface area contributed by atoms with Gasteiger partial charge in [0, 0.05) is 31.3 Å². The molecule has 4 rings (SSSR count). The summed E-state index contributed by atoms with van der Waals surface area (Å²) < 4.78 is 5.49. The number of morpholine rings is 1. The third kappa shape index (κ3) is 4.86. The van der Waals surface area contributed by atoms with E-state index in [-0.39, 0.29) is 0 Å². The van der Waals surface area contributed by atoms with E-state index < -0.39 is 0 Å². The molecule has 0 spiro atoms. The van der Waals surface area contributed by atoms with Gasteiger partial charge in [0.1, 0.15) is 5.82 Å². The van der Waals surface area contributed by atoms with Crippen LogP contribution in [0.4, 0.5) is 11.8 Å². The Morgan fingerprint density at radius 1 is 1.04 bits per heavy atom. The number of nitrogens with one attached hydrogen (secondary N) is 1. The van der Waals surface area contributed by atoms with Crippen LogP contribution in [-0.4, -0.2) is 42.8 Å². The van der Waals surface area contributed by atoms with Gasteiger partial charge in [-0.25, -0.2) is 4.98 Å². The van der Waals surface area contributed by atoms with Crippen LogP contribution in [0.5, 0.6) is 0 Å². The van der Waals surface area contributed by atoms with Crippen molar-refractivity contribution >= 4 is 11.8 Å². The van der Waals surface area contributed by atoms with Crippen LogP contribution in [-0.2, 0) is 4.74 Å². The topological polar surface area (TPSA) is 50.3 Å². The van der Waals surface area contributed by atoms with Crippen molar-refractivity contribution in [3.63, 3.8) is 0 Å². The predicted octanol–water partition coefficient (Wildman–Crippen LogP) is 4.28. The standard InChI is InChI=1S/C22H28N4O/c1-3-7-18(8-4-1)11-12-23-22-24-20(19-9-5-2-6-10-19)17-21(25-22)26-13-15-27-16-14-26/h2,5-7,9-10,17H,1,3-4,8,11-16H2,(H,23,24,25). The van der Waals surface area contributed by atoms with E-state index in [0.29, 0.717) is 5.95 Å². The number of hydrogen-bond donors (Lipinski definition) is 1. The van der Waals surface area contributed by atoms with Crippen molar-refractivity contribution in [2.24, 2.45) is 0 Å². The van der Waals surface area contributed by atoms with Crippen LogP contribution in [0.25, 0.3) is 11.3 Å². The minimum Gasteiger partial charge on any atom is -0.378 e. The zero-order valence-electron chi connectivity index (χ0n) is 15.9. The molecular formula is C22H28N4O. The number of benzene rings is 1. The van der Waals surface area contributed by atoms with Crippen molar-refractivity contribution in [3.05, 3.63) is 48.0 Å². The highest BCUT2D eigenvalue weighted by Crippen LogP contribution is 2.25. The first-order chi connectivity index (χ1) is 13.4. The summed E-state index contributed by atoms with van der Waals surface area (Å²) in [5.41, 5.74) is 3.65. The first-order valence-corrected chi connectivity index (χ1v) is 10.1. The van der Waals surface area contributed by atoms with Crippen LogP contribution in [0, 0.1) is 0 Å². The molecule has 5 heteroatoms. The first kappa shape index (κ1) is 18.0. The fourth-order valence-corrected chi connectivity index (χ4v) is 3.69. The van der Waals surface area contributed by atoms with E-state index in [1.165, 1.54) is 25.7 Å². The number of ether oxygens (including phenoxy) is 1. The van der Waals surface area contributed by atoms with Crippen molar-refractivity contribution < 1.29 is 4.74 Å². The summed E-state index contributed by atoms with van der Waals surface area (Å²) in [5, 5.41) is 3.46. The number of hydrogen-bond acceptors (Lipinski definition) is 5. The fraction of sp³-hybridized carbons (Fsp3) is 0.455. The summed E-state index contributed by atoms with van der Waals surface area (Å²) in [5.74, 6) is 1.70. The molecule has 1 fully saturated rings. The maximum Gasteiger partial charge on any atom is 0.225 e. The van der Waals surface area contributed by atoms with Gasteiger partial charge in [-0.2, -0.15) is 4.98 Å². The molecule has 0 saturated carbocycles. The second-order valence-corrected chi connectivity index (χ2v) is 7.19. The minimum atomic E-state index is 0.717. The van der Waals surface area contributed by atoms with Gasteiger partial charge in [0.2, 0.25) is 5.95 Å². The monoisotopic (exact) mass is 364 g/mol. The minimum absolute atomic E-state index is 0.717. The van der Waals surface area contributed by atoms with Gasteiger partial charge >= 0.3 is 0 Å². The largest absolute Gasteiger partial charge is 0.378 e. The zero-order valence-corrected chi connectivity index (χ0v) is 15.9. The smallest absolute Gasteiger partial charge is 0.225 e. The van der Waals surface area contributed by atoms with E-state index >= 15 is 0 Å². The number of anilines is 2. The molecule has 0 radical (unpaired) electrons. The molecule has 142 valence electrons. The highest BCUT2D eigenvalue weighted by Gasteiger charge is 2.15. The third-order valence-electron chi connectivity index (χ3n) is 5.23.